The summed E-state index contributed by atoms with van der Waals surface area (Å²) in [7, 11) is 4.81. The van der Waals surface area contributed by atoms with Gasteiger partial charge >= 0.3 is 0 Å². The number of nitrogens with two attached hydrogens (primary N) is 1. The molecule has 0 saturated heterocycles. The Labute approximate surface area is 145 Å². The second kappa shape index (κ2) is 7.23. The lowest BCUT2D eigenvalue weighted by molar-refractivity contribution is 0.354. The van der Waals surface area contributed by atoms with Gasteiger partial charge in [0, 0.05) is 5.56 Å². The predicted octanol–water partition coefficient (Wildman–Crippen LogP) is 2.55. The number of H-pyrrole nitrogens is 1. The van der Waals surface area contributed by atoms with Gasteiger partial charge in [0.1, 0.15) is 11.6 Å². The van der Waals surface area contributed by atoms with E-state index < -0.39 is 6.04 Å². The van der Waals surface area contributed by atoms with Crippen molar-refractivity contribution in [2.75, 3.05) is 21.3 Å². The molecule has 0 amide bonds. The molecular weight excluding hydrogens is 320 g/mol. The van der Waals surface area contributed by atoms with Gasteiger partial charge in [0.2, 0.25) is 0 Å². The Morgan fingerprint density at radius 3 is 2.28 bits per heavy atom. The van der Waals surface area contributed by atoms with Crippen molar-refractivity contribution in [1.29, 1.82) is 0 Å². The minimum Gasteiger partial charge on any atom is -0.497 e. The Bertz CT molecular complexity index is 846. The molecule has 25 heavy (non-hydrogen) atoms. The molecule has 130 valence electrons. The zero-order valence-electron chi connectivity index (χ0n) is 14.3. The lowest BCUT2D eigenvalue weighted by Gasteiger charge is -2.13. The second-order valence-corrected chi connectivity index (χ2v) is 5.36. The number of hydrogen-bond donors (Lipinski definition) is 2. The molecule has 0 spiro atoms. The van der Waals surface area contributed by atoms with Crippen LogP contribution in [0.15, 0.2) is 42.5 Å². The van der Waals surface area contributed by atoms with Gasteiger partial charge in [-0.3, -0.25) is 5.10 Å². The summed E-state index contributed by atoms with van der Waals surface area (Å²) < 4.78 is 15.7. The molecular formula is C18H20N4O3. The summed E-state index contributed by atoms with van der Waals surface area (Å²) in [6.45, 7) is 0. The molecule has 0 unspecified atom stereocenters. The topological polar surface area (TPSA) is 95.3 Å². The normalized spacial score (nSPS) is 11.8. The molecule has 0 aliphatic rings. The van der Waals surface area contributed by atoms with E-state index in [0.29, 0.717) is 23.1 Å². The van der Waals surface area contributed by atoms with Gasteiger partial charge < -0.3 is 19.9 Å². The highest BCUT2D eigenvalue weighted by molar-refractivity contribution is 5.56. The zero-order chi connectivity index (χ0) is 17.8. The van der Waals surface area contributed by atoms with Gasteiger partial charge in [-0.2, -0.15) is 5.10 Å². The summed E-state index contributed by atoms with van der Waals surface area (Å²) >= 11 is 0. The summed E-state index contributed by atoms with van der Waals surface area (Å²) in [6.07, 6.45) is 0. The summed E-state index contributed by atoms with van der Waals surface area (Å²) in [5, 5.41) is 7.16. The molecule has 0 bridgehead atoms. The first-order chi connectivity index (χ1) is 12.2. The van der Waals surface area contributed by atoms with Crippen LogP contribution in [0.1, 0.15) is 17.4 Å². The standard InChI is InChI=1S/C18H20N4O3/c1-23-13-7-4-11(5-8-13)17-20-18(22-21-17)16(19)12-6-9-14(24-2)15(10-12)25-3/h4-10,16H,19H2,1-3H3,(H,20,21,22)/t16-/m1/s1. The zero-order valence-corrected chi connectivity index (χ0v) is 14.3. The molecule has 0 radical (unpaired) electrons. The van der Waals surface area contributed by atoms with E-state index in [0.717, 1.165) is 16.9 Å². The Hall–Kier alpha value is -3.06. The SMILES string of the molecule is COc1ccc(-c2n[nH]c([C@H](N)c3ccc(OC)c(OC)c3)n2)cc1. The van der Waals surface area contributed by atoms with E-state index in [4.69, 9.17) is 19.9 Å². The van der Waals surface area contributed by atoms with Crippen LogP contribution < -0.4 is 19.9 Å². The maximum absolute atomic E-state index is 6.32. The monoisotopic (exact) mass is 340 g/mol. The predicted molar refractivity (Wildman–Crippen MR) is 93.9 cm³/mol. The molecule has 0 aliphatic carbocycles. The fourth-order valence-corrected chi connectivity index (χ4v) is 2.49. The van der Waals surface area contributed by atoms with Crippen LogP contribution >= 0.6 is 0 Å². The summed E-state index contributed by atoms with van der Waals surface area (Å²) in [5.74, 6) is 3.19. The van der Waals surface area contributed by atoms with E-state index >= 15 is 0 Å². The first kappa shape index (κ1) is 16.8. The van der Waals surface area contributed by atoms with Crippen LogP contribution in [0.2, 0.25) is 0 Å². The van der Waals surface area contributed by atoms with E-state index in [2.05, 4.69) is 15.2 Å². The summed E-state index contributed by atoms with van der Waals surface area (Å²) in [6, 6.07) is 12.6. The van der Waals surface area contributed by atoms with Crippen molar-refractivity contribution in [3.8, 4) is 28.6 Å². The van der Waals surface area contributed by atoms with Crippen molar-refractivity contribution in [1.82, 2.24) is 15.2 Å². The van der Waals surface area contributed by atoms with Crippen LogP contribution in [-0.4, -0.2) is 36.5 Å². The van der Waals surface area contributed by atoms with E-state index in [1.165, 1.54) is 0 Å². The highest BCUT2D eigenvalue weighted by Gasteiger charge is 2.17. The van der Waals surface area contributed by atoms with Gasteiger partial charge in [-0.1, -0.05) is 6.07 Å². The smallest absolute Gasteiger partial charge is 0.181 e. The average Bonchev–Trinajstić information content (AvgIpc) is 3.17. The molecule has 7 nitrogen and oxygen atoms in total. The second-order valence-electron chi connectivity index (χ2n) is 5.36. The van der Waals surface area contributed by atoms with Crippen molar-refractivity contribution < 1.29 is 14.2 Å². The highest BCUT2D eigenvalue weighted by Crippen LogP contribution is 2.31. The third-order valence-electron chi connectivity index (χ3n) is 3.91. The molecule has 3 rings (SSSR count). The molecule has 0 saturated carbocycles. The van der Waals surface area contributed by atoms with Crippen LogP contribution in [-0.2, 0) is 0 Å². The molecule has 3 aromatic rings. The van der Waals surface area contributed by atoms with Crippen LogP contribution in [0.25, 0.3) is 11.4 Å². The maximum Gasteiger partial charge on any atom is 0.181 e. The van der Waals surface area contributed by atoms with Gasteiger partial charge in [-0.15, -0.1) is 0 Å². The minimum atomic E-state index is -0.459. The number of nitrogens with zero attached hydrogens (tertiary/aromatic N) is 2. The van der Waals surface area contributed by atoms with Crippen molar-refractivity contribution in [3.05, 3.63) is 53.9 Å². The number of hydrogen-bond acceptors (Lipinski definition) is 6. The Balaban J connectivity index is 1.86. The van der Waals surface area contributed by atoms with Crippen LogP contribution in [0.3, 0.4) is 0 Å². The molecule has 0 aliphatic heterocycles. The lowest BCUT2D eigenvalue weighted by atomic mass is 10.1. The largest absolute Gasteiger partial charge is 0.497 e. The van der Waals surface area contributed by atoms with E-state index in [1.807, 2.05) is 42.5 Å². The summed E-state index contributed by atoms with van der Waals surface area (Å²) in [5.41, 5.74) is 8.04. The fourth-order valence-electron chi connectivity index (χ4n) is 2.49. The van der Waals surface area contributed by atoms with Gasteiger partial charge in [-0.05, 0) is 42.0 Å². The van der Waals surface area contributed by atoms with Crippen LogP contribution in [0, 0.1) is 0 Å². The molecule has 1 atom stereocenters. The first-order valence-corrected chi connectivity index (χ1v) is 7.70. The Morgan fingerprint density at radius 1 is 0.920 bits per heavy atom. The molecule has 1 heterocycles. The van der Waals surface area contributed by atoms with Crippen LogP contribution in [0.5, 0.6) is 17.2 Å². The molecule has 0 fully saturated rings. The molecule has 2 aromatic carbocycles. The number of aromatic amines is 1. The highest BCUT2D eigenvalue weighted by atomic mass is 16.5. The number of methoxy groups -OCH3 is 3. The third kappa shape index (κ3) is 3.41. The van der Waals surface area contributed by atoms with Gasteiger partial charge in [0.05, 0.1) is 27.4 Å². The lowest BCUT2D eigenvalue weighted by Crippen LogP contribution is -2.14. The maximum atomic E-state index is 6.32. The van der Waals surface area contributed by atoms with E-state index in [1.54, 1.807) is 21.3 Å². The van der Waals surface area contributed by atoms with E-state index in [9.17, 15) is 0 Å². The van der Waals surface area contributed by atoms with Crippen molar-refractivity contribution in [3.63, 3.8) is 0 Å². The summed E-state index contributed by atoms with van der Waals surface area (Å²) in [4.78, 5) is 4.51. The number of aromatic nitrogens is 3. The van der Waals surface area contributed by atoms with Gasteiger partial charge in [0.25, 0.3) is 0 Å². The molecule has 1 aromatic heterocycles. The first-order valence-electron chi connectivity index (χ1n) is 7.70. The fraction of sp³-hybridized carbons (Fsp3) is 0.222. The number of nitrogens with one attached hydrogen (secondary N) is 1. The quantitative estimate of drug-likeness (QED) is 0.716. The van der Waals surface area contributed by atoms with Gasteiger partial charge in [-0.25, -0.2) is 4.98 Å². The number of rotatable bonds is 6. The van der Waals surface area contributed by atoms with Crippen molar-refractivity contribution in [2.45, 2.75) is 6.04 Å². The third-order valence-corrected chi connectivity index (χ3v) is 3.91. The van der Waals surface area contributed by atoms with Gasteiger partial charge in [0.15, 0.2) is 17.3 Å². The minimum absolute atomic E-state index is 0.459. The molecule has 3 N–H and O–H groups in total. The van der Waals surface area contributed by atoms with Crippen LogP contribution in [0.4, 0.5) is 0 Å². The average molecular weight is 340 g/mol. The van der Waals surface area contributed by atoms with Crippen molar-refractivity contribution in [2.24, 2.45) is 5.73 Å². The molecule has 7 heteroatoms. The Morgan fingerprint density at radius 2 is 1.64 bits per heavy atom. The van der Waals surface area contributed by atoms with E-state index in [-0.39, 0.29) is 0 Å². The number of ether oxygens (including phenoxy) is 3. The number of benzene rings is 2. The van der Waals surface area contributed by atoms with Crippen molar-refractivity contribution >= 4 is 0 Å². The Kier molecular flexibility index (Phi) is 4.85.